The van der Waals surface area contributed by atoms with E-state index < -0.39 is 105 Å². The molecule has 10 N–H and O–H groups in total. The minimum atomic E-state index is -1.69. The van der Waals surface area contributed by atoms with Gasteiger partial charge in [0.2, 0.25) is 53.2 Å². The van der Waals surface area contributed by atoms with Crippen LogP contribution in [0.5, 0.6) is 0 Å². The van der Waals surface area contributed by atoms with E-state index in [0.717, 1.165) is 38.5 Å². The van der Waals surface area contributed by atoms with Crippen molar-refractivity contribution in [3.8, 4) is 0 Å². The molecular weight excluding hydrogens is 1060 g/mol. The molecule has 1 heterocycles. The number of unbranched alkanes of at least 4 members (excludes halogenated alkanes) is 5. The number of amides is 9. The van der Waals surface area contributed by atoms with Gasteiger partial charge < -0.3 is 62.5 Å². The molecule has 9 amide bonds. The Bertz CT molecular complexity index is 2150. The number of hydrogen-bond acceptors (Lipinski definition) is 13. The average molecular weight is 1180 g/mol. The molecule has 22 heteroatoms. The number of nitrogens with zero attached hydrogens (tertiary/aromatic N) is 2. The van der Waals surface area contributed by atoms with Gasteiger partial charge in [0, 0.05) is 56.9 Å². The molecule has 0 spiro atoms. The van der Waals surface area contributed by atoms with Crippen LogP contribution in [0.2, 0.25) is 0 Å². The first-order chi connectivity index (χ1) is 38.4. The highest BCUT2D eigenvalue weighted by Crippen LogP contribution is 2.26. The molecule has 0 aliphatic carbocycles. The van der Waals surface area contributed by atoms with Gasteiger partial charge in [0.25, 0.3) is 0 Å². The number of Topliss-reactive ketones (excluding diaryl/α,β-unsaturated/α-hetero) is 1. The number of carbonyl (C=O) groups excluding carboxylic acids is 10. The van der Waals surface area contributed by atoms with E-state index in [1.165, 1.54) is 68.2 Å². The second kappa shape index (κ2) is 35.3. The monoisotopic (exact) mass is 1180 g/mol. The SMILES string of the molecule is CCCCCCCC[C@@H](C)C(=O)N1CCCC1CC(=O)N[C@@H](C[C@H](C)C[C@H](O)CC(=O)CC)C(=O)NC(C)(C)C(=O)NC(C)(C)C(=O)N[C@H](C(=O)N[C@H](C(=O)NC(C)(C)C(=O)NC(C)(C)C(=O)N[C@@H](C)CN(C)CCO)C(C)C)C(C)CC. The molecule has 1 aliphatic heterocycles. The van der Waals surface area contributed by atoms with Crippen LogP contribution in [0, 0.1) is 23.7 Å². The summed E-state index contributed by atoms with van der Waals surface area (Å²) in [4.78, 5) is 141. The van der Waals surface area contributed by atoms with Crippen molar-refractivity contribution < 1.29 is 58.2 Å². The molecule has 1 fully saturated rings. The fourth-order valence-electron chi connectivity index (χ4n) is 10.00. The van der Waals surface area contributed by atoms with Crippen LogP contribution in [0.1, 0.15) is 214 Å². The molecular formula is C61H112N10O12. The predicted octanol–water partition coefficient (Wildman–Crippen LogP) is 4.07. The van der Waals surface area contributed by atoms with Gasteiger partial charge in [-0.25, -0.2) is 0 Å². The van der Waals surface area contributed by atoms with Crippen molar-refractivity contribution in [2.45, 2.75) is 272 Å². The smallest absolute Gasteiger partial charge is 0.246 e. The maximum absolute atomic E-state index is 14.3. The summed E-state index contributed by atoms with van der Waals surface area (Å²) >= 11 is 0. The van der Waals surface area contributed by atoms with E-state index >= 15 is 0 Å². The van der Waals surface area contributed by atoms with Crippen LogP contribution in [-0.4, -0.2) is 171 Å². The highest BCUT2D eigenvalue weighted by atomic mass is 16.3. The second-order valence-electron chi connectivity index (χ2n) is 26.3. The molecule has 2 unspecified atom stereocenters. The van der Waals surface area contributed by atoms with Crippen molar-refractivity contribution in [2.75, 3.05) is 33.3 Å². The highest BCUT2D eigenvalue weighted by Gasteiger charge is 2.43. The lowest BCUT2D eigenvalue weighted by molar-refractivity contribution is -0.140. The summed E-state index contributed by atoms with van der Waals surface area (Å²) in [5.74, 6) is -6.91. The van der Waals surface area contributed by atoms with Gasteiger partial charge in [-0.2, -0.15) is 0 Å². The summed E-state index contributed by atoms with van der Waals surface area (Å²) in [5, 5.41) is 42.1. The Morgan fingerprint density at radius 3 is 1.69 bits per heavy atom. The summed E-state index contributed by atoms with van der Waals surface area (Å²) < 4.78 is 0. The van der Waals surface area contributed by atoms with Crippen molar-refractivity contribution in [2.24, 2.45) is 23.7 Å². The van der Waals surface area contributed by atoms with E-state index in [9.17, 15) is 58.2 Å². The number of hydrogen-bond donors (Lipinski definition) is 10. The van der Waals surface area contributed by atoms with Crippen LogP contribution in [0.4, 0.5) is 0 Å². The number of rotatable bonds is 39. The Hall–Kier alpha value is -5.22. The van der Waals surface area contributed by atoms with Gasteiger partial charge in [-0.1, -0.05) is 100 Å². The zero-order valence-corrected chi connectivity index (χ0v) is 54.1. The van der Waals surface area contributed by atoms with Crippen molar-refractivity contribution >= 4 is 58.9 Å². The van der Waals surface area contributed by atoms with Gasteiger partial charge in [0.1, 0.15) is 46.1 Å². The average Bonchev–Trinajstić information content (AvgIpc) is 3.94. The normalized spacial score (nSPS) is 17.0. The van der Waals surface area contributed by atoms with E-state index in [0.29, 0.717) is 32.5 Å². The van der Waals surface area contributed by atoms with Gasteiger partial charge in [-0.15, -0.1) is 0 Å². The zero-order chi connectivity index (χ0) is 63.8. The van der Waals surface area contributed by atoms with Crippen molar-refractivity contribution in [1.82, 2.24) is 52.3 Å². The van der Waals surface area contributed by atoms with Gasteiger partial charge in [0.15, 0.2) is 0 Å². The topological polar surface area (TPSA) is 314 Å². The van der Waals surface area contributed by atoms with Gasteiger partial charge in [-0.3, -0.25) is 47.9 Å². The van der Waals surface area contributed by atoms with Gasteiger partial charge >= 0.3 is 0 Å². The summed E-state index contributed by atoms with van der Waals surface area (Å²) in [6.07, 6.45) is 8.62. The molecule has 0 aromatic rings. The summed E-state index contributed by atoms with van der Waals surface area (Å²) in [6.45, 7) is 29.4. The number of nitrogens with one attached hydrogen (secondary N) is 8. The maximum Gasteiger partial charge on any atom is 0.246 e. The Morgan fingerprint density at radius 1 is 0.627 bits per heavy atom. The Morgan fingerprint density at radius 2 is 1.16 bits per heavy atom. The maximum atomic E-state index is 14.3. The van der Waals surface area contributed by atoms with Gasteiger partial charge in [0.05, 0.1) is 12.7 Å². The molecule has 22 nitrogen and oxygen atoms in total. The van der Waals surface area contributed by atoms with E-state index in [1.807, 2.05) is 18.7 Å². The number of likely N-dealkylation sites (N-methyl/N-ethyl adjacent to an activating group) is 1. The largest absolute Gasteiger partial charge is 0.395 e. The third-order valence-corrected chi connectivity index (χ3v) is 15.8. The first kappa shape index (κ1) is 75.8. The molecule has 0 radical (unpaired) electrons. The first-order valence-corrected chi connectivity index (χ1v) is 30.7. The number of aliphatic hydroxyl groups is 2. The molecule has 1 rings (SSSR count). The van der Waals surface area contributed by atoms with Crippen LogP contribution in [0.25, 0.3) is 0 Å². The Kier molecular flexibility index (Phi) is 32.2. The van der Waals surface area contributed by atoms with Crippen molar-refractivity contribution in [1.29, 1.82) is 0 Å². The van der Waals surface area contributed by atoms with E-state index in [-0.39, 0.29) is 74.3 Å². The fourth-order valence-corrected chi connectivity index (χ4v) is 10.00. The number of carbonyl (C=O) groups is 10. The summed E-state index contributed by atoms with van der Waals surface area (Å²) in [6, 6.07) is -4.27. The minimum Gasteiger partial charge on any atom is -0.395 e. The third kappa shape index (κ3) is 26.3. The standard InChI is InChI=1S/C61H112N10O12/c1-19-22-23-24-25-26-28-41(8)53(79)71-30-27-29-43(71)35-47(75)63-46(34-39(6)33-45(74)36-44(73)21-3)50(76)66-60(14,15)56(82)69-59(12,13)55(81)65-49(40(7)20-2)51(77)64-48(38(4)5)52(78)67-61(16,17)57(83)68-58(10,11)54(80)62-42(9)37-70(18)31-32-72/h38-43,45-46,48-49,72,74H,19-37H2,1-18H3,(H,62,80)(H,63,75)(H,64,77)(H,65,81)(H,66,76)(H,67,78)(H,68,83)(H,69,82)/t39-,40?,41-,42+,43?,45+,46+,48+,49+/m1/s1. The summed E-state index contributed by atoms with van der Waals surface area (Å²) in [7, 11) is 1.80. The Labute approximate surface area is 497 Å². The van der Waals surface area contributed by atoms with Crippen LogP contribution in [0.15, 0.2) is 0 Å². The molecule has 83 heavy (non-hydrogen) atoms. The van der Waals surface area contributed by atoms with Crippen molar-refractivity contribution in [3.05, 3.63) is 0 Å². The molecule has 478 valence electrons. The summed E-state index contributed by atoms with van der Waals surface area (Å²) in [5.41, 5.74) is -6.35. The van der Waals surface area contributed by atoms with Crippen molar-refractivity contribution in [3.63, 3.8) is 0 Å². The van der Waals surface area contributed by atoms with E-state index in [4.69, 9.17) is 0 Å². The predicted molar refractivity (Wildman–Crippen MR) is 322 cm³/mol. The molecule has 0 bridgehead atoms. The first-order valence-electron chi connectivity index (χ1n) is 30.7. The molecule has 1 saturated heterocycles. The Balaban J connectivity index is 3.26. The lowest BCUT2D eigenvalue weighted by Gasteiger charge is -2.35. The quantitative estimate of drug-likeness (QED) is 0.0389. The molecule has 9 atom stereocenters. The molecule has 0 saturated carbocycles. The van der Waals surface area contributed by atoms with Crippen LogP contribution in [0.3, 0.4) is 0 Å². The number of ketones is 1. The van der Waals surface area contributed by atoms with Crippen LogP contribution >= 0.6 is 0 Å². The van der Waals surface area contributed by atoms with Crippen LogP contribution in [-0.2, 0) is 47.9 Å². The molecule has 0 aromatic heterocycles. The lowest BCUT2D eigenvalue weighted by Crippen LogP contribution is -2.67. The minimum absolute atomic E-state index is 0.0102. The third-order valence-electron chi connectivity index (χ3n) is 15.8. The molecule has 1 aliphatic rings. The van der Waals surface area contributed by atoms with E-state index in [1.54, 1.807) is 53.5 Å². The number of likely N-dealkylation sites (tertiary alicyclic amines) is 1. The van der Waals surface area contributed by atoms with Crippen LogP contribution < -0.4 is 42.5 Å². The zero-order valence-electron chi connectivity index (χ0n) is 54.1. The number of aliphatic hydroxyl groups excluding tert-OH is 2. The molecule has 0 aromatic carbocycles. The van der Waals surface area contributed by atoms with Gasteiger partial charge in [-0.05, 0) is 119 Å². The van der Waals surface area contributed by atoms with E-state index in [2.05, 4.69) is 49.5 Å². The lowest BCUT2D eigenvalue weighted by atomic mass is 9.92. The highest BCUT2D eigenvalue weighted by molar-refractivity contribution is 6.00. The second-order valence-corrected chi connectivity index (χ2v) is 26.3. The fraction of sp³-hybridized carbons (Fsp3) is 0.836.